The summed E-state index contributed by atoms with van der Waals surface area (Å²) >= 11 is 0. The van der Waals surface area contributed by atoms with Crippen LogP contribution in [-0.4, -0.2) is 80.5 Å². The van der Waals surface area contributed by atoms with Crippen molar-refractivity contribution in [3.8, 4) is 6.07 Å². The lowest BCUT2D eigenvalue weighted by Crippen LogP contribution is -2.52. The summed E-state index contributed by atoms with van der Waals surface area (Å²) in [4.78, 5) is 41.0. The number of carbonyl (C=O) groups is 3. The van der Waals surface area contributed by atoms with Crippen molar-refractivity contribution in [2.45, 2.75) is 82.8 Å². The Morgan fingerprint density at radius 2 is 1.61 bits per heavy atom. The zero-order chi connectivity index (χ0) is 32.6. The fraction of sp³-hybridized carbons (Fsp3) is 0.500. The summed E-state index contributed by atoms with van der Waals surface area (Å²) < 4.78 is 0. The molecule has 1 aromatic heterocycles. The van der Waals surface area contributed by atoms with E-state index in [1.807, 2.05) is 64.1 Å². The van der Waals surface area contributed by atoms with Crippen LogP contribution in [0.25, 0.3) is 0 Å². The smallest absolute Gasteiger partial charge is 0.251 e. The Bertz CT molecular complexity index is 1620. The molecule has 0 bridgehead atoms. The average Bonchev–Trinajstić information content (AvgIpc) is 3.42. The molecule has 46 heavy (non-hydrogen) atoms. The van der Waals surface area contributed by atoms with E-state index in [1.165, 1.54) is 0 Å². The van der Waals surface area contributed by atoms with E-state index in [-0.39, 0.29) is 36.3 Å². The predicted molar refractivity (Wildman–Crippen MR) is 170 cm³/mol. The molecule has 2 heterocycles. The molecule has 4 N–H and O–H groups in total. The van der Waals surface area contributed by atoms with E-state index in [0.717, 1.165) is 35.1 Å². The van der Waals surface area contributed by atoms with Crippen molar-refractivity contribution in [3.05, 3.63) is 75.6 Å². The molecule has 12 nitrogen and oxygen atoms in total. The first-order chi connectivity index (χ1) is 22.1. The number of aromatic amines is 1. The summed E-state index contributed by atoms with van der Waals surface area (Å²) in [7, 11) is 0. The number of tetrazole rings is 1. The van der Waals surface area contributed by atoms with Crippen molar-refractivity contribution < 1.29 is 14.4 Å². The molecule has 6 rings (SSSR count). The molecule has 2 aliphatic carbocycles. The van der Waals surface area contributed by atoms with Crippen LogP contribution in [0.2, 0.25) is 0 Å². The zero-order valence-electron chi connectivity index (χ0n) is 26.8. The molecule has 3 atom stereocenters. The number of piperidine rings is 1. The fourth-order valence-electron chi connectivity index (χ4n) is 7.59. The van der Waals surface area contributed by atoms with E-state index in [9.17, 15) is 19.6 Å². The maximum absolute atomic E-state index is 13.5. The summed E-state index contributed by atoms with van der Waals surface area (Å²) in [6.07, 6.45) is 3.44. The summed E-state index contributed by atoms with van der Waals surface area (Å²) in [6.45, 7) is 9.00. The van der Waals surface area contributed by atoms with Gasteiger partial charge in [-0.25, -0.2) is 5.10 Å². The minimum Gasteiger partial charge on any atom is -0.352 e. The second-order valence-electron chi connectivity index (χ2n) is 13.3. The van der Waals surface area contributed by atoms with Gasteiger partial charge in [-0.1, -0.05) is 12.1 Å². The Balaban J connectivity index is 1.43. The van der Waals surface area contributed by atoms with Crippen molar-refractivity contribution in [3.63, 3.8) is 0 Å². The van der Waals surface area contributed by atoms with Gasteiger partial charge in [0.15, 0.2) is 5.82 Å². The highest BCUT2D eigenvalue weighted by Gasteiger charge is 2.54. The monoisotopic (exact) mass is 623 g/mol. The van der Waals surface area contributed by atoms with Gasteiger partial charge in [-0.2, -0.15) is 5.26 Å². The number of amides is 3. The van der Waals surface area contributed by atoms with Gasteiger partial charge in [0.1, 0.15) is 6.04 Å². The molecule has 3 aromatic rings. The van der Waals surface area contributed by atoms with E-state index < -0.39 is 11.0 Å². The quantitative estimate of drug-likeness (QED) is 0.267. The molecule has 3 aliphatic rings. The van der Waals surface area contributed by atoms with Crippen LogP contribution in [0.4, 0.5) is 0 Å². The van der Waals surface area contributed by atoms with Gasteiger partial charge in [-0.05, 0) is 123 Å². The van der Waals surface area contributed by atoms with E-state index in [0.29, 0.717) is 55.2 Å². The minimum atomic E-state index is -0.922. The molecule has 12 heteroatoms. The number of rotatable bonds is 10. The largest absolute Gasteiger partial charge is 0.352 e. The third kappa shape index (κ3) is 5.64. The normalized spacial score (nSPS) is 20.8. The van der Waals surface area contributed by atoms with Gasteiger partial charge in [0.2, 0.25) is 5.91 Å². The van der Waals surface area contributed by atoms with E-state index in [2.05, 4.69) is 42.6 Å². The molecule has 3 amide bonds. The first-order valence-corrected chi connectivity index (χ1v) is 16.1. The molecule has 1 saturated heterocycles. The van der Waals surface area contributed by atoms with Crippen LogP contribution in [0.3, 0.4) is 0 Å². The van der Waals surface area contributed by atoms with Gasteiger partial charge < -0.3 is 20.9 Å². The zero-order valence-corrected chi connectivity index (χ0v) is 26.8. The number of hydrogen-bond donors (Lipinski definition) is 4. The molecule has 2 fully saturated rings. The molecule has 1 saturated carbocycles. The van der Waals surface area contributed by atoms with E-state index in [4.69, 9.17) is 0 Å². The van der Waals surface area contributed by atoms with Gasteiger partial charge in [0.05, 0.1) is 18.0 Å². The Labute approximate surface area is 268 Å². The fourth-order valence-corrected chi connectivity index (χ4v) is 7.59. The molecule has 0 spiro atoms. The number of nitrogens with one attached hydrogen (secondary N) is 4. The van der Waals surface area contributed by atoms with Crippen LogP contribution >= 0.6 is 0 Å². The molecular formula is C34H41N9O3. The summed E-state index contributed by atoms with van der Waals surface area (Å²) in [5, 5.41) is 34.5. The first-order valence-electron chi connectivity index (χ1n) is 16.1. The Kier molecular flexibility index (Phi) is 8.37. The van der Waals surface area contributed by atoms with Crippen LogP contribution in [0.15, 0.2) is 36.4 Å². The van der Waals surface area contributed by atoms with Gasteiger partial charge in [-0.15, -0.1) is 5.10 Å². The second-order valence-corrected chi connectivity index (χ2v) is 13.3. The molecular weight excluding hydrogens is 582 g/mol. The number of hydrogen-bond acceptors (Lipinski definition) is 8. The minimum absolute atomic E-state index is 0.0696. The van der Waals surface area contributed by atoms with Crippen molar-refractivity contribution in [2.24, 2.45) is 5.92 Å². The van der Waals surface area contributed by atoms with Crippen LogP contribution in [0, 0.1) is 17.2 Å². The second kappa shape index (κ2) is 12.3. The molecule has 2 aromatic carbocycles. The topological polar surface area (TPSA) is 169 Å². The molecule has 0 unspecified atom stereocenters. The lowest BCUT2D eigenvalue weighted by Gasteiger charge is -2.41. The van der Waals surface area contributed by atoms with Crippen LogP contribution in [0.5, 0.6) is 0 Å². The van der Waals surface area contributed by atoms with E-state index >= 15 is 0 Å². The van der Waals surface area contributed by atoms with Crippen LogP contribution in [-0.2, 0) is 23.1 Å². The number of nitrogens with zero attached hydrogens (tertiary/aromatic N) is 5. The number of carbonyl (C=O) groups excluding carboxylic acids is 3. The maximum Gasteiger partial charge on any atom is 0.251 e. The average molecular weight is 624 g/mol. The maximum atomic E-state index is 13.5. The molecule has 1 aliphatic heterocycles. The number of fused-ring (bicyclic) bond motifs is 3. The van der Waals surface area contributed by atoms with Crippen LogP contribution in [0.1, 0.15) is 95.8 Å². The van der Waals surface area contributed by atoms with E-state index in [1.54, 1.807) is 4.90 Å². The summed E-state index contributed by atoms with van der Waals surface area (Å²) in [5.74, 6) is 0.609. The highest BCUT2D eigenvalue weighted by Crippen LogP contribution is 2.49. The Morgan fingerprint density at radius 3 is 2.13 bits per heavy atom. The van der Waals surface area contributed by atoms with Gasteiger partial charge in [0, 0.05) is 35.8 Å². The van der Waals surface area contributed by atoms with Crippen molar-refractivity contribution in [1.29, 1.82) is 5.26 Å². The van der Waals surface area contributed by atoms with Gasteiger partial charge in [0.25, 0.3) is 11.8 Å². The van der Waals surface area contributed by atoms with Crippen molar-refractivity contribution >= 4 is 17.7 Å². The predicted octanol–water partition coefficient (Wildman–Crippen LogP) is 2.40. The lowest BCUT2D eigenvalue weighted by atomic mass is 9.65. The van der Waals surface area contributed by atoms with Crippen molar-refractivity contribution in [1.82, 2.24) is 41.5 Å². The number of aryl methyl sites for hydroxylation is 2. The van der Waals surface area contributed by atoms with Gasteiger partial charge in [-0.3, -0.25) is 14.4 Å². The summed E-state index contributed by atoms with van der Waals surface area (Å²) in [5.41, 5.74) is 3.45. The first kappa shape index (κ1) is 31.4. The highest BCUT2D eigenvalue weighted by molar-refractivity contribution is 5.95. The number of H-pyrrole nitrogens is 1. The molecule has 240 valence electrons. The standard InChI is InChI=1S/C34H41N9O3/c1-5-36-30(45)22-9-11-26-20(13-22)7-8-21-14-23(31(46)37-6-2)10-12-27(21)34(26,32-39-41-42-40-32)19-33(3,4)38-18-29(44)43-25(17-35)15-24-16-28(24)43/h9-14,24-25,28,38H,5-8,15-16,18-19H2,1-4H3,(H,36,45)(H,37,46)(H,39,40,41,42)/t24-,25+,28+/m1/s1. The third-order valence-corrected chi connectivity index (χ3v) is 9.71. The number of nitriles is 1. The van der Waals surface area contributed by atoms with Gasteiger partial charge >= 0.3 is 0 Å². The Hall–Kier alpha value is -4.63. The Morgan fingerprint density at radius 1 is 1.00 bits per heavy atom. The molecule has 0 radical (unpaired) electrons. The highest BCUT2D eigenvalue weighted by atomic mass is 16.2. The number of likely N-dealkylation sites (tertiary alicyclic amines) is 1. The lowest BCUT2D eigenvalue weighted by molar-refractivity contribution is -0.131. The third-order valence-electron chi connectivity index (χ3n) is 9.71. The summed E-state index contributed by atoms with van der Waals surface area (Å²) in [6, 6.07) is 13.7. The SMILES string of the molecule is CCNC(=O)c1ccc2c(c1)CCc1cc(C(=O)NCC)ccc1C2(CC(C)(C)NCC(=O)N1[C@H](C#N)C[C@@H]2C[C@@H]21)c1nnn[nH]1. The number of benzene rings is 2. The van der Waals surface area contributed by atoms with Crippen LogP contribution < -0.4 is 16.0 Å². The number of aromatic nitrogens is 4. The van der Waals surface area contributed by atoms with Crippen molar-refractivity contribution in [2.75, 3.05) is 19.6 Å².